The highest BCUT2D eigenvalue weighted by atomic mass is 32.1. The molecule has 0 aliphatic carbocycles. The molecule has 0 saturated carbocycles. The zero-order valence-corrected chi connectivity index (χ0v) is 10.6. The predicted molar refractivity (Wildman–Crippen MR) is 67.1 cm³/mol. The van der Waals surface area contributed by atoms with E-state index in [1.54, 1.807) is 6.92 Å². The first kappa shape index (κ1) is 11.6. The Morgan fingerprint density at radius 3 is 2.31 bits per heavy atom. The van der Waals surface area contributed by atoms with E-state index >= 15 is 0 Å². The number of rotatable bonds is 1. The van der Waals surface area contributed by atoms with Crippen LogP contribution in [0.5, 0.6) is 0 Å². The van der Waals surface area contributed by atoms with Crippen LogP contribution in [0.4, 0.5) is 0 Å². The third-order valence-corrected chi connectivity index (χ3v) is 4.00. The summed E-state index contributed by atoms with van der Waals surface area (Å²) >= 11 is 5.32. The zero-order chi connectivity index (χ0) is 11.7. The molecule has 2 rings (SSSR count). The van der Waals surface area contributed by atoms with Gasteiger partial charge in [-0.3, -0.25) is 4.79 Å². The molecule has 0 aromatic carbocycles. The van der Waals surface area contributed by atoms with Crippen molar-refractivity contribution in [3.8, 4) is 0 Å². The summed E-state index contributed by atoms with van der Waals surface area (Å²) in [6, 6.07) is 1.36. The van der Waals surface area contributed by atoms with Crippen LogP contribution in [-0.2, 0) is 4.79 Å². The molecule has 0 radical (unpaired) electrons. The quantitative estimate of drug-likeness (QED) is 0.661. The van der Waals surface area contributed by atoms with E-state index in [0.29, 0.717) is 18.1 Å². The highest BCUT2D eigenvalue weighted by Gasteiger charge is 2.41. The van der Waals surface area contributed by atoms with Crippen LogP contribution in [0.15, 0.2) is 0 Å². The maximum absolute atomic E-state index is 11.1. The van der Waals surface area contributed by atoms with Crippen molar-refractivity contribution >= 4 is 23.2 Å². The lowest BCUT2D eigenvalue weighted by Crippen LogP contribution is -2.54. The van der Waals surface area contributed by atoms with Gasteiger partial charge in [-0.15, -0.1) is 0 Å². The topological polar surface area (TPSA) is 44.4 Å². The number of hydrogen-bond donors (Lipinski definition) is 2. The number of thiocarbonyl (C=S) groups is 1. The van der Waals surface area contributed by atoms with E-state index in [-0.39, 0.29) is 5.91 Å². The molecule has 2 aliphatic rings. The number of fused-ring (bicyclic) bond motifs is 2. The van der Waals surface area contributed by atoms with Crippen molar-refractivity contribution in [1.29, 1.82) is 0 Å². The minimum Gasteiger partial charge on any atom is -0.366 e. The second-order valence-corrected chi connectivity index (χ2v) is 5.10. The molecule has 0 aromatic heterocycles. The van der Waals surface area contributed by atoms with Crippen molar-refractivity contribution in [3.05, 3.63) is 0 Å². The number of carbonyl (C=O) groups is 1. The number of nitrogens with one attached hydrogen (secondary N) is 2. The van der Waals surface area contributed by atoms with Gasteiger partial charge >= 0.3 is 0 Å². The van der Waals surface area contributed by atoms with Gasteiger partial charge in [-0.05, 0) is 37.9 Å². The lowest BCUT2D eigenvalue weighted by molar-refractivity contribution is -0.120. The summed E-state index contributed by atoms with van der Waals surface area (Å²) in [7, 11) is 1.88. The average molecular weight is 241 g/mol. The Balaban J connectivity index is 2.01. The smallest absolute Gasteiger partial charge is 0.217 e. The van der Waals surface area contributed by atoms with E-state index in [0.717, 1.165) is 18.0 Å². The second kappa shape index (κ2) is 4.57. The van der Waals surface area contributed by atoms with Gasteiger partial charge in [0.05, 0.1) is 0 Å². The summed E-state index contributed by atoms with van der Waals surface area (Å²) in [6.45, 7) is 1.59. The number of amides is 1. The molecule has 2 fully saturated rings. The summed E-state index contributed by atoms with van der Waals surface area (Å²) in [5.74, 6) is 0.0778. The molecule has 4 nitrogen and oxygen atoms in total. The van der Waals surface area contributed by atoms with E-state index in [9.17, 15) is 4.79 Å². The monoisotopic (exact) mass is 241 g/mol. The van der Waals surface area contributed by atoms with Crippen LogP contribution in [0.2, 0.25) is 0 Å². The number of piperidine rings is 1. The normalized spacial score (nSPS) is 32.4. The van der Waals surface area contributed by atoms with Crippen LogP contribution >= 0.6 is 12.2 Å². The van der Waals surface area contributed by atoms with E-state index in [4.69, 9.17) is 12.2 Å². The Labute approximate surface area is 102 Å². The van der Waals surface area contributed by atoms with Gasteiger partial charge in [0.15, 0.2) is 5.11 Å². The van der Waals surface area contributed by atoms with Crippen LogP contribution in [0, 0.1) is 0 Å². The van der Waals surface area contributed by atoms with Crippen molar-refractivity contribution in [2.24, 2.45) is 0 Å². The van der Waals surface area contributed by atoms with Gasteiger partial charge in [0.2, 0.25) is 5.91 Å². The zero-order valence-electron chi connectivity index (χ0n) is 9.82. The van der Waals surface area contributed by atoms with Crippen LogP contribution in [0.25, 0.3) is 0 Å². The standard InChI is InChI=1S/C11H19N3OS/c1-7(15)13-8-5-9-3-4-10(6-8)14(9)11(16)12-2/h8-10H,3-6H2,1-2H3,(H,12,16)(H,13,15). The predicted octanol–water partition coefficient (Wildman–Crippen LogP) is 0.622. The Hall–Kier alpha value is -0.840. The summed E-state index contributed by atoms with van der Waals surface area (Å²) in [5.41, 5.74) is 0. The molecule has 90 valence electrons. The first-order valence-electron chi connectivity index (χ1n) is 5.89. The van der Waals surface area contributed by atoms with Crippen LogP contribution in [0.1, 0.15) is 32.6 Å². The van der Waals surface area contributed by atoms with Gasteiger partial charge < -0.3 is 15.5 Å². The van der Waals surface area contributed by atoms with E-state index in [1.807, 2.05) is 7.05 Å². The van der Waals surface area contributed by atoms with Crippen molar-refractivity contribution in [2.45, 2.75) is 50.7 Å². The Bertz CT molecular complexity index is 294. The molecule has 1 amide bonds. The molecule has 2 heterocycles. The highest BCUT2D eigenvalue weighted by Crippen LogP contribution is 2.35. The molecule has 2 atom stereocenters. The Morgan fingerprint density at radius 1 is 1.31 bits per heavy atom. The molecular weight excluding hydrogens is 222 g/mol. The molecular formula is C11H19N3OS. The van der Waals surface area contributed by atoms with Crippen LogP contribution < -0.4 is 10.6 Å². The fraction of sp³-hybridized carbons (Fsp3) is 0.818. The Kier molecular flexibility index (Phi) is 3.33. The molecule has 2 bridgehead atoms. The van der Waals surface area contributed by atoms with Gasteiger partial charge in [0, 0.05) is 32.1 Å². The number of nitrogens with zero attached hydrogens (tertiary/aromatic N) is 1. The summed E-state index contributed by atoms with van der Waals surface area (Å²) in [4.78, 5) is 13.4. The lowest BCUT2D eigenvalue weighted by atomic mass is 9.98. The van der Waals surface area contributed by atoms with Crippen molar-refractivity contribution in [2.75, 3.05) is 7.05 Å². The third kappa shape index (κ3) is 2.14. The molecule has 2 unspecified atom stereocenters. The third-order valence-electron chi connectivity index (χ3n) is 3.59. The van der Waals surface area contributed by atoms with Crippen LogP contribution in [0.3, 0.4) is 0 Å². The molecule has 16 heavy (non-hydrogen) atoms. The van der Waals surface area contributed by atoms with Gasteiger partial charge in [-0.1, -0.05) is 0 Å². The van der Waals surface area contributed by atoms with Crippen molar-refractivity contribution in [3.63, 3.8) is 0 Å². The second-order valence-electron chi connectivity index (χ2n) is 4.72. The Morgan fingerprint density at radius 2 is 1.88 bits per heavy atom. The van der Waals surface area contributed by atoms with E-state index < -0.39 is 0 Å². The van der Waals surface area contributed by atoms with E-state index in [1.165, 1.54) is 12.8 Å². The SMILES string of the molecule is CNC(=S)N1C2CCC1CC(NC(C)=O)C2. The van der Waals surface area contributed by atoms with Gasteiger partial charge in [-0.2, -0.15) is 0 Å². The summed E-state index contributed by atoms with van der Waals surface area (Å²) < 4.78 is 0. The molecule has 2 aliphatic heterocycles. The molecule has 2 saturated heterocycles. The summed E-state index contributed by atoms with van der Waals surface area (Å²) in [5, 5.41) is 6.95. The average Bonchev–Trinajstić information content (AvgIpc) is 2.49. The minimum atomic E-state index is 0.0778. The maximum Gasteiger partial charge on any atom is 0.217 e. The highest BCUT2D eigenvalue weighted by molar-refractivity contribution is 7.80. The fourth-order valence-corrected chi connectivity index (χ4v) is 3.34. The van der Waals surface area contributed by atoms with Crippen LogP contribution in [-0.4, -0.2) is 41.1 Å². The van der Waals surface area contributed by atoms with Crippen molar-refractivity contribution < 1.29 is 4.79 Å². The lowest BCUT2D eigenvalue weighted by Gasteiger charge is -2.40. The van der Waals surface area contributed by atoms with Gasteiger partial charge in [0.25, 0.3) is 0 Å². The fourth-order valence-electron chi connectivity index (χ4n) is 3.04. The van der Waals surface area contributed by atoms with Crippen molar-refractivity contribution in [1.82, 2.24) is 15.5 Å². The summed E-state index contributed by atoms with van der Waals surface area (Å²) in [6.07, 6.45) is 4.45. The first-order chi connectivity index (χ1) is 7.61. The number of hydrogen-bond acceptors (Lipinski definition) is 2. The largest absolute Gasteiger partial charge is 0.366 e. The van der Waals surface area contributed by atoms with E-state index in [2.05, 4.69) is 15.5 Å². The maximum atomic E-state index is 11.1. The molecule has 2 N–H and O–H groups in total. The molecule has 0 aromatic rings. The first-order valence-corrected chi connectivity index (χ1v) is 6.29. The minimum absolute atomic E-state index is 0.0778. The van der Waals surface area contributed by atoms with Gasteiger partial charge in [-0.25, -0.2) is 0 Å². The molecule has 0 spiro atoms. The van der Waals surface area contributed by atoms with Gasteiger partial charge in [0.1, 0.15) is 0 Å². The molecule has 5 heteroatoms. The number of carbonyl (C=O) groups excluding carboxylic acids is 1.